The van der Waals surface area contributed by atoms with Gasteiger partial charge in [-0.05, 0) is 44.7 Å². The summed E-state index contributed by atoms with van der Waals surface area (Å²) in [4.78, 5) is 0. The molecular weight excluding hydrogens is 182 g/mol. The average molecular weight is 203 g/mol. The van der Waals surface area contributed by atoms with Crippen LogP contribution >= 0.6 is 0 Å². The highest BCUT2D eigenvalue weighted by atomic mass is 14.9. The fourth-order valence-corrected chi connectivity index (χ4v) is 2.59. The molecule has 0 aromatic heterocycles. The summed E-state index contributed by atoms with van der Waals surface area (Å²) in [5, 5.41) is 3.51. The van der Waals surface area contributed by atoms with Crippen LogP contribution in [0.4, 0.5) is 0 Å². The van der Waals surface area contributed by atoms with E-state index in [2.05, 4.69) is 44.3 Å². The zero-order valence-corrected chi connectivity index (χ0v) is 10.0. The second kappa shape index (κ2) is 4.36. The number of benzene rings is 1. The highest BCUT2D eigenvalue weighted by molar-refractivity contribution is 5.32. The van der Waals surface area contributed by atoms with E-state index < -0.39 is 0 Å². The van der Waals surface area contributed by atoms with E-state index >= 15 is 0 Å². The van der Waals surface area contributed by atoms with Gasteiger partial charge >= 0.3 is 0 Å². The minimum atomic E-state index is 0.765. The maximum absolute atomic E-state index is 3.51. The Morgan fingerprint density at radius 3 is 2.27 bits per heavy atom. The molecule has 2 rings (SSSR count). The Labute approximate surface area is 92.9 Å². The first kappa shape index (κ1) is 10.7. The summed E-state index contributed by atoms with van der Waals surface area (Å²) in [5.74, 6) is 0.799. The standard InChI is InChI=1S/C14H21N/c1-4-15-14-8-13(9-14)12-6-10(2)5-11(3)7-12/h5-7,13-15H,4,8-9H2,1-3H3. The fraction of sp³-hybridized carbons (Fsp3) is 0.571. The third-order valence-electron chi connectivity index (χ3n) is 3.35. The molecule has 1 aromatic carbocycles. The van der Waals surface area contributed by atoms with Crippen molar-refractivity contribution in [3.63, 3.8) is 0 Å². The molecule has 0 bridgehead atoms. The van der Waals surface area contributed by atoms with E-state index in [1.807, 2.05) is 0 Å². The third-order valence-corrected chi connectivity index (χ3v) is 3.35. The number of hydrogen-bond acceptors (Lipinski definition) is 1. The number of aryl methyl sites for hydroxylation is 2. The molecule has 15 heavy (non-hydrogen) atoms. The van der Waals surface area contributed by atoms with Crippen molar-refractivity contribution in [2.24, 2.45) is 0 Å². The van der Waals surface area contributed by atoms with Gasteiger partial charge in [0.2, 0.25) is 0 Å². The van der Waals surface area contributed by atoms with Gasteiger partial charge < -0.3 is 5.32 Å². The normalized spacial score (nSPS) is 25.0. The van der Waals surface area contributed by atoms with E-state index in [1.165, 1.54) is 24.0 Å². The Balaban J connectivity index is 2.00. The molecule has 0 saturated heterocycles. The van der Waals surface area contributed by atoms with Gasteiger partial charge in [-0.3, -0.25) is 0 Å². The average Bonchev–Trinajstić information content (AvgIpc) is 2.08. The van der Waals surface area contributed by atoms with Gasteiger partial charge in [-0.2, -0.15) is 0 Å². The molecule has 0 heterocycles. The lowest BCUT2D eigenvalue weighted by Crippen LogP contribution is -2.39. The van der Waals surface area contributed by atoms with Crippen LogP contribution in [-0.2, 0) is 0 Å². The number of hydrogen-bond donors (Lipinski definition) is 1. The molecule has 0 spiro atoms. The SMILES string of the molecule is CCNC1CC(c2cc(C)cc(C)c2)C1. The van der Waals surface area contributed by atoms with Gasteiger partial charge in [0.15, 0.2) is 0 Å². The molecule has 82 valence electrons. The molecule has 0 radical (unpaired) electrons. The van der Waals surface area contributed by atoms with Gasteiger partial charge in [-0.1, -0.05) is 36.2 Å². The first-order valence-corrected chi connectivity index (χ1v) is 6.00. The Hall–Kier alpha value is -0.820. The lowest BCUT2D eigenvalue weighted by atomic mass is 9.75. The molecule has 1 aliphatic rings. The van der Waals surface area contributed by atoms with Gasteiger partial charge in [-0.25, -0.2) is 0 Å². The molecule has 0 aliphatic heterocycles. The lowest BCUT2D eigenvalue weighted by Gasteiger charge is -2.36. The lowest BCUT2D eigenvalue weighted by molar-refractivity contribution is 0.296. The van der Waals surface area contributed by atoms with E-state index in [4.69, 9.17) is 0 Å². The zero-order chi connectivity index (χ0) is 10.8. The molecule has 1 heteroatoms. The van der Waals surface area contributed by atoms with Crippen LogP contribution in [0.25, 0.3) is 0 Å². The minimum Gasteiger partial charge on any atom is -0.314 e. The largest absolute Gasteiger partial charge is 0.314 e. The predicted molar refractivity (Wildman–Crippen MR) is 65.4 cm³/mol. The molecule has 0 unspecified atom stereocenters. The summed E-state index contributed by atoms with van der Waals surface area (Å²) in [7, 11) is 0. The van der Waals surface area contributed by atoms with E-state index in [0.717, 1.165) is 18.5 Å². The van der Waals surface area contributed by atoms with Crippen molar-refractivity contribution in [3.05, 3.63) is 34.9 Å². The molecule has 1 N–H and O–H groups in total. The van der Waals surface area contributed by atoms with Crippen LogP contribution < -0.4 is 5.32 Å². The van der Waals surface area contributed by atoms with Gasteiger partial charge in [-0.15, -0.1) is 0 Å². The van der Waals surface area contributed by atoms with E-state index in [-0.39, 0.29) is 0 Å². The summed E-state index contributed by atoms with van der Waals surface area (Å²) in [6, 6.07) is 7.71. The van der Waals surface area contributed by atoms with Crippen molar-refractivity contribution < 1.29 is 0 Å². The Kier molecular flexibility index (Phi) is 3.11. The maximum atomic E-state index is 3.51. The molecule has 1 nitrogen and oxygen atoms in total. The van der Waals surface area contributed by atoms with E-state index in [9.17, 15) is 0 Å². The van der Waals surface area contributed by atoms with Gasteiger partial charge in [0, 0.05) is 6.04 Å². The first-order valence-electron chi connectivity index (χ1n) is 6.00. The number of rotatable bonds is 3. The minimum absolute atomic E-state index is 0.765. The van der Waals surface area contributed by atoms with Gasteiger partial charge in [0.05, 0.1) is 0 Å². The fourth-order valence-electron chi connectivity index (χ4n) is 2.59. The van der Waals surface area contributed by atoms with Crippen molar-refractivity contribution in [1.29, 1.82) is 0 Å². The summed E-state index contributed by atoms with van der Waals surface area (Å²) in [5.41, 5.74) is 4.34. The smallest absolute Gasteiger partial charge is 0.00786 e. The second-order valence-corrected chi connectivity index (χ2v) is 4.84. The third kappa shape index (κ3) is 2.40. The summed E-state index contributed by atoms with van der Waals surface area (Å²) in [6.45, 7) is 7.67. The number of nitrogens with one attached hydrogen (secondary N) is 1. The highest BCUT2D eigenvalue weighted by Crippen LogP contribution is 2.37. The summed E-state index contributed by atoms with van der Waals surface area (Å²) < 4.78 is 0. The van der Waals surface area contributed by atoms with Crippen LogP contribution in [0.3, 0.4) is 0 Å². The second-order valence-electron chi connectivity index (χ2n) is 4.84. The topological polar surface area (TPSA) is 12.0 Å². The molecule has 1 fully saturated rings. The summed E-state index contributed by atoms with van der Waals surface area (Å²) in [6.07, 6.45) is 2.63. The quantitative estimate of drug-likeness (QED) is 0.795. The first-order chi connectivity index (χ1) is 7.19. The molecule has 1 saturated carbocycles. The Bertz CT molecular complexity index is 317. The van der Waals surface area contributed by atoms with Crippen molar-refractivity contribution >= 4 is 0 Å². The molecule has 0 atom stereocenters. The van der Waals surface area contributed by atoms with E-state index in [0.29, 0.717) is 0 Å². The van der Waals surface area contributed by atoms with Gasteiger partial charge in [0.1, 0.15) is 0 Å². The molecule has 0 amide bonds. The van der Waals surface area contributed by atoms with Crippen LogP contribution in [0.1, 0.15) is 42.4 Å². The summed E-state index contributed by atoms with van der Waals surface area (Å²) >= 11 is 0. The van der Waals surface area contributed by atoms with Crippen LogP contribution in [0, 0.1) is 13.8 Å². The van der Waals surface area contributed by atoms with Crippen molar-refractivity contribution in [1.82, 2.24) is 5.32 Å². The van der Waals surface area contributed by atoms with Crippen LogP contribution in [0.5, 0.6) is 0 Å². The van der Waals surface area contributed by atoms with Crippen LogP contribution in [-0.4, -0.2) is 12.6 Å². The zero-order valence-electron chi connectivity index (χ0n) is 10.0. The Morgan fingerprint density at radius 2 is 1.73 bits per heavy atom. The van der Waals surface area contributed by atoms with Crippen LogP contribution in [0.15, 0.2) is 18.2 Å². The molecule has 1 aromatic rings. The monoisotopic (exact) mass is 203 g/mol. The van der Waals surface area contributed by atoms with Crippen molar-refractivity contribution in [2.45, 2.75) is 45.6 Å². The van der Waals surface area contributed by atoms with Crippen LogP contribution in [0.2, 0.25) is 0 Å². The van der Waals surface area contributed by atoms with E-state index in [1.54, 1.807) is 5.56 Å². The maximum Gasteiger partial charge on any atom is 0.00786 e. The van der Waals surface area contributed by atoms with Crippen molar-refractivity contribution in [3.8, 4) is 0 Å². The predicted octanol–water partition coefficient (Wildman–Crippen LogP) is 3.16. The molecular formula is C14H21N. The highest BCUT2D eigenvalue weighted by Gasteiger charge is 2.29. The Morgan fingerprint density at radius 1 is 1.13 bits per heavy atom. The van der Waals surface area contributed by atoms with Crippen molar-refractivity contribution in [2.75, 3.05) is 6.54 Å². The van der Waals surface area contributed by atoms with Gasteiger partial charge in [0.25, 0.3) is 0 Å². The molecule has 1 aliphatic carbocycles.